The Hall–Kier alpha value is -6.30. The van der Waals surface area contributed by atoms with E-state index in [-0.39, 0.29) is 11.4 Å². The molecule has 4 aromatic heterocycles. The third kappa shape index (κ3) is 7.46. The van der Waals surface area contributed by atoms with Crippen LogP contribution in [-0.2, 0) is 4.74 Å². The number of ether oxygens (including phenoxy) is 1. The molecule has 3 N–H and O–H groups in total. The van der Waals surface area contributed by atoms with E-state index in [9.17, 15) is 9.59 Å². The summed E-state index contributed by atoms with van der Waals surface area (Å²) in [6.07, 6.45) is 9.45. The number of carboxylic acid groups (broad SMARTS) is 1. The number of methoxy groups -OCH3 is 1. The van der Waals surface area contributed by atoms with Gasteiger partial charge in [0, 0.05) is 48.3 Å². The topological polar surface area (TPSA) is 149 Å². The summed E-state index contributed by atoms with van der Waals surface area (Å²) >= 11 is 0. The average molecular weight is 575 g/mol. The molecule has 0 saturated carbocycles. The van der Waals surface area contributed by atoms with Crippen LogP contribution in [0.2, 0.25) is 0 Å². The fourth-order valence-electron chi connectivity index (χ4n) is 3.88. The number of carboxylic acids is 1. The van der Waals surface area contributed by atoms with Crippen molar-refractivity contribution < 1.29 is 19.4 Å². The summed E-state index contributed by atoms with van der Waals surface area (Å²) in [4.78, 5) is 38.7. The Kier molecular flexibility index (Phi) is 8.78. The van der Waals surface area contributed by atoms with Gasteiger partial charge in [-0.3, -0.25) is 0 Å². The molecule has 0 aliphatic heterocycles. The highest BCUT2D eigenvalue weighted by Gasteiger charge is 2.10. The second-order valence-electron chi connectivity index (χ2n) is 8.91. The van der Waals surface area contributed by atoms with Crippen LogP contribution < -0.4 is 10.6 Å². The van der Waals surface area contributed by atoms with Gasteiger partial charge in [0.05, 0.1) is 18.5 Å². The number of imidazole rings is 2. The number of nitrogens with one attached hydrogen (secondary N) is 2. The van der Waals surface area contributed by atoms with Gasteiger partial charge < -0.3 is 29.6 Å². The lowest BCUT2D eigenvalue weighted by Crippen LogP contribution is -2.01. The zero-order valence-electron chi connectivity index (χ0n) is 22.9. The Morgan fingerprint density at radius 2 is 1.14 bits per heavy atom. The molecule has 43 heavy (non-hydrogen) atoms. The summed E-state index contributed by atoms with van der Waals surface area (Å²) in [7, 11) is 1.33. The summed E-state index contributed by atoms with van der Waals surface area (Å²) in [5, 5.41) is 15.3. The smallest absolute Gasteiger partial charge is 0.358 e. The SMILES string of the molecule is COC(=O)c1cn(-c2ccnc(Nc3ccccc3)c2)cn1.O=C(O)c1cn(-c2ccnc(Nc3ccccc3)c2)cn1. The van der Waals surface area contributed by atoms with Crippen molar-refractivity contribution >= 4 is 34.9 Å². The summed E-state index contributed by atoms with van der Waals surface area (Å²) in [6, 6.07) is 26.8. The molecule has 0 aliphatic rings. The monoisotopic (exact) mass is 574 g/mol. The number of esters is 1. The van der Waals surface area contributed by atoms with Gasteiger partial charge in [-0.05, 0) is 36.4 Å². The van der Waals surface area contributed by atoms with E-state index in [0.717, 1.165) is 22.7 Å². The fraction of sp³-hybridized carbons (Fsp3) is 0.0323. The molecule has 2 aromatic carbocycles. The molecule has 0 radical (unpaired) electrons. The van der Waals surface area contributed by atoms with Gasteiger partial charge in [-0.2, -0.15) is 0 Å². The first kappa shape index (κ1) is 28.2. The van der Waals surface area contributed by atoms with Gasteiger partial charge in [-0.25, -0.2) is 29.5 Å². The van der Waals surface area contributed by atoms with Gasteiger partial charge in [0.1, 0.15) is 24.3 Å². The van der Waals surface area contributed by atoms with Crippen molar-refractivity contribution in [2.24, 2.45) is 0 Å². The second-order valence-corrected chi connectivity index (χ2v) is 8.91. The van der Waals surface area contributed by atoms with Gasteiger partial charge in [-0.1, -0.05) is 36.4 Å². The molecule has 12 nitrogen and oxygen atoms in total. The molecule has 0 unspecified atom stereocenters. The van der Waals surface area contributed by atoms with E-state index < -0.39 is 11.9 Å². The lowest BCUT2D eigenvalue weighted by Gasteiger charge is -2.07. The molecular weight excluding hydrogens is 548 g/mol. The molecule has 0 aliphatic carbocycles. The van der Waals surface area contributed by atoms with Crippen molar-refractivity contribution in [2.45, 2.75) is 0 Å². The number of carbonyl (C=O) groups is 2. The third-order valence-electron chi connectivity index (χ3n) is 5.95. The molecule has 0 atom stereocenters. The van der Waals surface area contributed by atoms with Gasteiger partial charge in [0.25, 0.3) is 0 Å². The predicted molar refractivity (Wildman–Crippen MR) is 160 cm³/mol. The molecule has 0 spiro atoms. The first-order valence-electron chi connectivity index (χ1n) is 12.9. The Balaban J connectivity index is 0.000000171. The largest absolute Gasteiger partial charge is 0.476 e. The molecule has 0 amide bonds. The first-order valence-corrected chi connectivity index (χ1v) is 12.9. The first-order chi connectivity index (χ1) is 21.0. The third-order valence-corrected chi connectivity index (χ3v) is 5.95. The van der Waals surface area contributed by atoms with Crippen molar-refractivity contribution in [1.82, 2.24) is 29.1 Å². The Labute approximate surface area is 246 Å². The number of aromatic carboxylic acids is 1. The molecule has 12 heteroatoms. The maximum atomic E-state index is 11.4. The molecular formula is C31H26N8O4. The molecule has 6 rings (SSSR count). The van der Waals surface area contributed by atoms with E-state index >= 15 is 0 Å². The minimum Gasteiger partial charge on any atom is -0.476 e. The molecule has 0 saturated heterocycles. The second kappa shape index (κ2) is 13.4. The van der Waals surface area contributed by atoms with E-state index in [2.05, 4.69) is 35.3 Å². The van der Waals surface area contributed by atoms with Gasteiger partial charge >= 0.3 is 11.9 Å². The van der Waals surface area contributed by atoms with Crippen LogP contribution in [0.15, 0.2) is 122 Å². The standard InChI is InChI=1S/C16H14N4O2.C15H12N4O2/c1-22-16(21)14-10-20(11-18-14)13-7-8-17-15(9-13)19-12-5-3-2-4-6-12;20-15(21)13-9-19(10-17-13)12-6-7-16-14(8-12)18-11-4-2-1-3-5-11/h2-11H,1H3,(H,17,19);1-10H,(H,16,18)(H,20,21). The number of rotatable bonds is 8. The lowest BCUT2D eigenvalue weighted by molar-refractivity contribution is 0.0593. The number of pyridine rings is 2. The highest BCUT2D eigenvalue weighted by atomic mass is 16.5. The molecule has 0 bridgehead atoms. The van der Waals surface area contributed by atoms with Crippen LogP contribution in [0.4, 0.5) is 23.0 Å². The van der Waals surface area contributed by atoms with Crippen LogP contribution >= 0.6 is 0 Å². The highest BCUT2D eigenvalue weighted by molar-refractivity contribution is 5.87. The van der Waals surface area contributed by atoms with Crippen LogP contribution in [-0.4, -0.2) is 53.2 Å². The number of para-hydroxylation sites is 2. The maximum Gasteiger partial charge on any atom is 0.358 e. The van der Waals surface area contributed by atoms with E-state index in [1.165, 1.54) is 19.6 Å². The zero-order valence-corrected chi connectivity index (χ0v) is 22.9. The summed E-state index contributed by atoms with van der Waals surface area (Å²) < 4.78 is 8.03. The van der Waals surface area contributed by atoms with E-state index in [4.69, 9.17) is 5.11 Å². The number of benzene rings is 2. The fourth-order valence-corrected chi connectivity index (χ4v) is 3.88. The van der Waals surface area contributed by atoms with Crippen molar-refractivity contribution in [2.75, 3.05) is 17.7 Å². The predicted octanol–water partition coefficient (Wildman–Crippen LogP) is 5.51. The summed E-state index contributed by atoms with van der Waals surface area (Å²) in [6.45, 7) is 0. The Morgan fingerprint density at radius 1 is 0.674 bits per heavy atom. The van der Waals surface area contributed by atoms with Crippen LogP contribution in [0.5, 0.6) is 0 Å². The van der Waals surface area contributed by atoms with Crippen LogP contribution in [0, 0.1) is 0 Å². The van der Waals surface area contributed by atoms with Crippen molar-refractivity contribution in [1.29, 1.82) is 0 Å². The number of carbonyl (C=O) groups excluding carboxylic acids is 1. The number of hydrogen-bond donors (Lipinski definition) is 3. The average Bonchev–Trinajstić information content (AvgIpc) is 3.74. The van der Waals surface area contributed by atoms with Crippen molar-refractivity contribution in [3.63, 3.8) is 0 Å². The normalized spacial score (nSPS) is 10.3. The van der Waals surface area contributed by atoms with E-state index in [1.54, 1.807) is 40.1 Å². The van der Waals surface area contributed by atoms with Gasteiger partial charge in [0.15, 0.2) is 11.4 Å². The Bertz CT molecular complexity index is 1820. The maximum absolute atomic E-state index is 11.4. The van der Waals surface area contributed by atoms with Crippen molar-refractivity contribution in [3.8, 4) is 11.4 Å². The molecule has 0 fully saturated rings. The van der Waals surface area contributed by atoms with Crippen LogP contribution in [0.1, 0.15) is 21.0 Å². The molecule has 6 aromatic rings. The minimum absolute atomic E-state index is 0.00406. The summed E-state index contributed by atoms with van der Waals surface area (Å²) in [5.41, 5.74) is 3.77. The van der Waals surface area contributed by atoms with Crippen molar-refractivity contribution in [3.05, 3.63) is 134 Å². The van der Waals surface area contributed by atoms with Crippen LogP contribution in [0.3, 0.4) is 0 Å². The number of anilines is 4. The summed E-state index contributed by atoms with van der Waals surface area (Å²) in [5.74, 6) is -0.137. The highest BCUT2D eigenvalue weighted by Crippen LogP contribution is 2.19. The number of hydrogen-bond acceptors (Lipinski definition) is 9. The van der Waals surface area contributed by atoms with Gasteiger partial charge in [0.2, 0.25) is 0 Å². The quantitative estimate of drug-likeness (QED) is 0.199. The van der Waals surface area contributed by atoms with Gasteiger partial charge in [-0.15, -0.1) is 0 Å². The number of nitrogens with zero attached hydrogens (tertiary/aromatic N) is 6. The molecule has 4 heterocycles. The minimum atomic E-state index is -1.05. The Morgan fingerprint density at radius 3 is 1.58 bits per heavy atom. The van der Waals surface area contributed by atoms with Crippen LogP contribution in [0.25, 0.3) is 11.4 Å². The van der Waals surface area contributed by atoms with E-state index in [1.807, 2.05) is 78.9 Å². The van der Waals surface area contributed by atoms with E-state index in [0.29, 0.717) is 11.6 Å². The molecule has 214 valence electrons. The lowest BCUT2D eigenvalue weighted by atomic mass is 10.3. The number of aromatic nitrogens is 6. The zero-order chi connectivity index (χ0) is 30.0.